The summed E-state index contributed by atoms with van der Waals surface area (Å²) in [7, 11) is 0. The second-order valence-corrected chi connectivity index (χ2v) is 2.36. The number of carbonyl (C=O) groups excluding carboxylic acids is 2. The van der Waals surface area contributed by atoms with Gasteiger partial charge >= 0.3 is 0 Å². The first-order valence-corrected chi connectivity index (χ1v) is 3.35. The number of rotatable bonds is 4. The summed E-state index contributed by atoms with van der Waals surface area (Å²) in [5.74, 6) is -0.0162. The van der Waals surface area contributed by atoms with Crippen molar-refractivity contribution >= 4 is 23.5 Å². The van der Waals surface area contributed by atoms with Gasteiger partial charge in [-0.15, -0.1) is 12.6 Å². The van der Waals surface area contributed by atoms with Crippen LogP contribution in [0, 0.1) is 0 Å². The van der Waals surface area contributed by atoms with E-state index in [-0.39, 0.29) is 17.3 Å². The molecule has 0 saturated carbocycles. The fourth-order valence-electron chi connectivity index (χ4n) is 0.536. The molecule has 0 aliphatic carbocycles. The predicted octanol–water partition coefficient (Wildman–Crippen LogP) is 1.20. The van der Waals surface area contributed by atoms with Crippen LogP contribution in [0.25, 0.3) is 0 Å². The molecule has 0 radical (unpaired) electrons. The fourth-order valence-corrected chi connectivity index (χ4v) is 0.712. The molecule has 2 nitrogen and oxygen atoms in total. The van der Waals surface area contributed by atoms with E-state index in [0.717, 1.165) is 6.42 Å². The summed E-state index contributed by atoms with van der Waals surface area (Å²) in [4.78, 5) is 20.8. The number of carbonyl (C=O) groups is 2. The van der Waals surface area contributed by atoms with Gasteiger partial charge in [0.2, 0.25) is 0 Å². The van der Waals surface area contributed by atoms with Gasteiger partial charge in [-0.1, -0.05) is 6.92 Å². The van der Waals surface area contributed by atoms with Gasteiger partial charge in [0.15, 0.2) is 5.12 Å². The zero-order valence-electron chi connectivity index (χ0n) is 5.39. The summed E-state index contributed by atoms with van der Waals surface area (Å²) >= 11 is 3.47. The molecule has 0 unspecified atom stereocenters. The minimum Gasteiger partial charge on any atom is -0.299 e. The Hall–Kier alpha value is -0.310. The predicted molar refractivity (Wildman–Crippen MR) is 38.5 cm³/mol. The van der Waals surface area contributed by atoms with Crippen LogP contribution in [0.4, 0.5) is 0 Å². The maximum absolute atomic E-state index is 10.6. The Morgan fingerprint density at radius 1 is 1.44 bits per heavy atom. The molecule has 0 aromatic carbocycles. The molecule has 0 saturated heterocycles. The van der Waals surface area contributed by atoms with Crippen LogP contribution in [0.5, 0.6) is 0 Å². The van der Waals surface area contributed by atoms with Gasteiger partial charge in [0.25, 0.3) is 0 Å². The van der Waals surface area contributed by atoms with E-state index < -0.39 is 0 Å². The Kier molecular flexibility index (Phi) is 4.40. The van der Waals surface area contributed by atoms with E-state index in [1.165, 1.54) is 0 Å². The highest BCUT2D eigenvalue weighted by atomic mass is 32.1. The molecule has 0 heterocycles. The molecular weight excluding hydrogens is 136 g/mol. The fraction of sp³-hybridized carbons (Fsp3) is 0.667. The molecular formula is C6H10O2S. The van der Waals surface area contributed by atoms with Crippen molar-refractivity contribution in [3.63, 3.8) is 0 Å². The lowest BCUT2D eigenvalue weighted by atomic mass is 10.2. The summed E-state index contributed by atoms with van der Waals surface area (Å²) < 4.78 is 0. The minimum absolute atomic E-state index is 0.0162. The molecule has 0 bridgehead atoms. The van der Waals surface area contributed by atoms with Gasteiger partial charge in [0, 0.05) is 6.42 Å². The third kappa shape index (κ3) is 5.56. The lowest BCUT2D eigenvalue weighted by Crippen LogP contribution is -2.01. The van der Waals surface area contributed by atoms with E-state index in [1.807, 2.05) is 6.92 Å². The maximum Gasteiger partial charge on any atom is 0.193 e. The molecule has 0 N–H and O–H groups in total. The molecule has 9 heavy (non-hydrogen) atoms. The van der Waals surface area contributed by atoms with Crippen molar-refractivity contribution in [2.24, 2.45) is 0 Å². The van der Waals surface area contributed by atoms with Crippen molar-refractivity contribution in [1.82, 2.24) is 0 Å². The van der Waals surface area contributed by atoms with Gasteiger partial charge in [-0.3, -0.25) is 9.59 Å². The summed E-state index contributed by atoms with van der Waals surface area (Å²) in [6.07, 6.45) is 1.28. The second-order valence-electron chi connectivity index (χ2n) is 1.86. The molecule has 0 rings (SSSR count). The molecule has 0 aliphatic heterocycles. The van der Waals surface area contributed by atoms with E-state index in [2.05, 4.69) is 12.6 Å². The summed E-state index contributed by atoms with van der Waals surface area (Å²) in [6, 6.07) is 0. The van der Waals surface area contributed by atoms with Crippen molar-refractivity contribution in [1.29, 1.82) is 0 Å². The second kappa shape index (κ2) is 4.56. The van der Waals surface area contributed by atoms with Gasteiger partial charge in [-0.25, -0.2) is 0 Å². The molecule has 0 aromatic heterocycles. The van der Waals surface area contributed by atoms with Crippen molar-refractivity contribution < 1.29 is 9.59 Å². The molecule has 0 fully saturated rings. The smallest absolute Gasteiger partial charge is 0.193 e. The Morgan fingerprint density at radius 2 is 2.00 bits per heavy atom. The van der Waals surface area contributed by atoms with Crippen molar-refractivity contribution in [3.8, 4) is 0 Å². The summed E-state index contributed by atoms with van der Waals surface area (Å²) in [5, 5.41) is -0.339. The summed E-state index contributed by atoms with van der Waals surface area (Å²) in [6.45, 7) is 1.90. The van der Waals surface area contributed by atoms with Crippen LogP contribution in [0.2, 0.25) is 0 Å². The quantitative estimate of drug-likeness (QED) is 0.477. The van der Waals surface area contributed by atoms with Crippen molar-refractivity contribution in [2.45, 2.75) is 26.2 Å². The minimum atomic E-state index is -0.339. The molecule has 0 aromatic rings. The largest absolute Gasteiger partial charge is 0.299 e. The molecule has 52 valence electrons. The van der Waals surface area contributed by atoms with E-state index >= 15 is 0 Å². The lowest BCUT2D eigenvalue weighted by molar-refractivity contribution is -0.123. The highest BCUT2D eigenvalue weighted by Gasteiger charge is 2.02. The Labute approximate surface area is 60.0 Å². The van der Waals surface area contributed by atoms with Gasteiger partial charge in [-0.05, 0) is 6.42 Å². The Balaban J connectivity index is 3.39. The van der Waals surface area contributed by atoms with Crippen LogP contribution >= 0.6 is 12.6 Å². The SMILES string of the molecule is CCCC(=O)CC(=O)S. The normalized spacial score (nSPS) is 9.11. The van der Waals surface area contributed by atoms with Gasteiger partial charge < -0.3 is 0 Å². The molecule has 3 heteroatoms. The molecule has 0 spiro atoms. The lowest BCUT2D eigenvalue weighted by Gasteiger charge is -1.90. The van der Waals surface area contributed by atoms with E-state index in [1.54, 1.807) is 0 Å². The monoisotopic (exact) mass is 146 g/mol. The number of Topliss-reactive ketones (excluding diaryl/α,β-unsaturated/α-hetero) is 1. The first-order chi connectivity index (χ1) is 4.16. The highest BCUT2D eigenvalue weighted by Crippen LogP contribution is 1.96. The van der Waals surface area contributed by atoms with Crippen LogP contribution in [0.15, 0.2) is 0 Å². The zero-order valence-corrected chi connectivity index (χ0v) is 6.28. The highest BCUT2D eigenvalue weighted by molar-refractivity contribution is 7.96. The number of hydrogen-bond donors (Lipinski definition) is 1. The van der Waals surface area contributed by atoms with Gasteiger partial charge in [0.1, 0.15) is 5.78 Å². The van der Waals surface area contributed by atoms with Crippen LogP contribution in [-0.2, 0) is 9.59 Å². The number of ketones is 1. The van der Waals surface area contributed by atoms with Crippen LogP contribution in [-0.4, -0.2) is 10.9 Å². The van der Waals surface area contributed by atoms with Gasteiger partial charge in [-0.2, -0.15) is 0 Å². The van der Waals surface area contributed by atoms with E-state index in [9.17, 15) is 9.59 Å². The Bertz CT molecular complexity index is 120. The van der Waals surface area contributed by atoms with Crippen molar-refractivity contribution in [2.75, 3.05) is 0 Å². The number of hydrogen-bond acceptors (Lipinski definition) is 2. The van der Waals surface area contributed by atoms with Crippen LogP contribution in [0.1, 0.15) is 26.2 Å². The van der Waals surface area contributed by atoms with Gasteiger partial charge in [0.05, 0.1) is 6.42 Å². The standard InChI is InChI=1S/C6H10O2S/c1-2-3-5(7)4-6(8)9/h2-4H2,1H3,(H,8,9). The zero-order chi connectivity index (χ0) is 7.28. The molecule has 0 atom stereocenters. The average Bonchev–Trinajstić information content (AvgIpc) is 1.63. The third-order valence-corrected chi connectivity index (χ3v) is 1.04. The van der Waals surface area contributed by atoms with Crippen LogP contribution in [0.3, 0.4) is 0 Å². The first kappa shape index (κ1) is 8.69. The Morgan fingerprint density at radius 3 is 2.33 bits per heavy atom. The van der Waals surface area contributed by atoms with E-state index in [0.29, 0.717) is 6.42 Å². The first-order valence-electron chi connectivity index (χ1n) is 2.90. The average molecular weight is 146 g/mol. The maximum atomic E-state index is 10.6. The van der Waals surface area contributed by atoms with Crippen LogP contribution < -0.4 is 0 Å². The number of thiol groups is 1. The molecule has 0 amide bonds. The van der Waals surface area contributed by atoms with E-state index in [4.69, 9.17) is 0 Å². The third-order valence-electron chi connectivity index (χ3n) is 0.877. The summed E-state index contributed by atoms with van der Waals surface area (Å²) in [5.41, 5.74) is 0. The topological polar surface area (TPSA) is 34.1 Å². The molecule has 0 aliphatic rings. The van der Waals surface area contributed by atoms with Crippen molar-refractivity contribution in [3.05, 3.63) is 0 Å².